The summed E-state index contributed by atoms with van der Waals surface area (Å²) in [7, 11) is 0. The SMILES string of the molecule is CSCC(C)n1c(=S)[nH]c2cccc(Cl)c21. The highest BCUT2D eigenvalue weighted by molar-refractivity contribution is 7.98. The number of benzene rings is 1. The first-order chi connectivity index (χ1) is 7.65. The highest BCUT2D eigenvalue weighted by Crippen LogP contribution is 2.27. The number of rotatable bonds is 3. The van der Waals surface area contributed by atoms with E-state index in [1.165, 1.54) is 0 Å². The summed E-state index contributed by atoms with van der Waals surface area (Å²) in [5, 5.41) is 0.748. The van der Waals surface area contributed by atoms with Crippen LogP contribution in [0.3, 0.4) is 0 Å². The van der Waals surface area contributed by atoms with Gasteiger partial charge in [0.05, 0.1) is 16.1 Å². The van der Waals surface area contributed by atoms with Crippen LogP contribution in [-0.2, 0) is 0 Å². The summed E-state index contributed by atoms with van der Waals surface area (Å²) < 4.78 is 2.84. The van der Waals surface area contributed by atoms with Crippen molar-refractivity contribution in [3.05, 3.63) is 28.0 Å². The number of halogens is 1. The first-order valence-corrected chi connectivity index (χ1v) is 7.21. The molecule has 0 spiro atoms. The lowest BCUT2D eigenvalue weighted by Crippen LogP contribution is -2.07. The molecule has 0 saturated carbocycles. The molecule has 1 aromatic heterocycles. The van der Waals surface area contributed by atoms with Crippen LogP contribution in [0.25, 0.3) is 11.0 Å². The fourth-order valence-electron chi connectivity index (χ4n) is 1.87. The summed E-state index contributed by atoms with van der Waals surface area (Å²) in [4.78, 5) is 3.19. The van der Waals surface area contributed by atoms with Gasteiger partial charge in [0.2, 0.25) is 0 Å². The van der Waals surface area contributed by atoms with Crippen molar-refractivity contribution in [2.75, 3.05) is 12.0 Å². The van der Waals surface area contributed by atoms with Crippen molar-refractivity contribution in [3.8, 4) is 0 Å². The van der Waals surface area contributed by atoms with Crippen LogP contribution in [0.2, 0.25) is 5.02 Å². The number of nitrogens with one attached hydrogen (secondary N) is 1. The number of nitrogens with zero attached hydrogens (tertiary/aromatic N) is 1. The van der Waals surface area contributed by atoms with E-state index in [4.69, 9.17) is 23.8 Å². The maximum atomic E-state index is 6.23. The summed E-state index contributed by atoms with van der Waals surface area (Å²) in [6.45, 7) is 2.16. The first kappa shape index (κ1) is 12.0. The lowest BCUT2D eigenvalue weighted by atomic mass is 10.3. The lowest BCUT2D eigenvalue weighted by Gasteiger charge is -2.13. The van der Waals surface area contributed by atoms with Crippen LogP contribution < -0.4 is 0 Å². The number of aromatic amines is 1. The predicted octanol–water partition coefficient (Wildman–Crippen LogP) is 4.28. The molecule has 5 heteroatoms. The van der Waals surface area contributed by atoms with E-state index >= 15 is 0 Å². The first-order valence-electron chi connectivity index (χ1n) is 5.03. The molecule has 0 bridgehead atoms. The van der Waals surface area contributed by atoms with Crippen molar-refractivity contribution < 1.29 is 0 Å². The van der Waals surface area contributed by atoms with Crippen molar-refractivity contribution in [2.24, 2.45) is 0 Å². The predicted molar refractivity (Wildman–Crippen MR) is 75.2 cm³/mol. The molecule has 0 fully saturated rings. The van der Waals surface area contributed by atoms with Crippen molar-refractivity contribution in [1.82, 2.24) is 9.55 Å². The van der Waals surface area contributed by atoms with Crippen LogP contribution in [0.4, 0.5) is 0 Å². The van der Waals surface area contributed by atoms with Gasteiger partial charge in [-0.05, 0) is 37.5 Å². The molecule has 2 aromatic rings. The Morgan fingerprint density at radius 3 is 3.00 bits per heavy atom. The highest BCUT2D eigenvalue weighted by Gasteiger charge is 2.12. The molecule has 0 saturated heterocycles. The summed E-state index contributed by atoms with van der Waals surface area (Å²) in [5.41, 5.74) is 2.01. The van der Waals surface area contributed by atoms with Gasteiger partial charge in [0.1, 0.15) is 0 Å². The van der Waals surface area contributed by atoms with E-state index in [0.29, 0.717) is 6.04 Å². The zero-order chi connectivity index (χ0) is 11.7. The maximum Gasteiger partial charge on any atom is 0.178 e. The second-order valence-electron chi connectivity index (χ2n) is 3.74. The fraction of sp³-hybridized carbons (Fsp3) is 0.364. The Morgan fingerprint density at radius 2 is 2.31 bits per heavy atom. The summed E-state index contributed by atoms with van der Waals surface area (Å²) in [6.07, 6.45) is 2.09. The zero-order valence-electron chi connectivity index (χ0n) is 9.16. The van der Waals surface area contributed by atoms with Crippen LogP contribution in [0.15, 0.2) is 18.2 Å². The second kappa shape index (κ2) is 4.82. The van der Waals surface area contributed by atoms with Gasteiger partial charge in [0.25, 0.3) is 0 Å². The number of hydrogen-bond acceptors (Lipinski definition) is 2. The molecule has 16 heavy (non-hydrogen) atoms. The van der Waals surface area contributed by atoms with Crippen LogP contribution in [0.5, 0.6) is 0 Å². The maximum absolute atomic E-state index is 6.23. The fourth-order valence-corrected chi connectivity index (χ4v) is 3.15. The van der Waals surface area contributed by atoms with E-state index in [0.717, 1.165) is 26.6 Å². The van der Waals surface area contributed by atoms with E-state index in [2.05, 4.69) is 22.7 Å². The average molecular weight is 273 g/mol. The van der Waals surface area contributed by atoms with Gasteiger partial charge >= 0.3 is 0 Å². The van der Waals surface area contributed by atoms with E-state index in [1.54, 1.807) is 11.8 Å². The molecule has 0 aliphatic heterocycles. The third-order valence-electron chi connectivity index (χ3n) is 2.54. The van der Waals surface area contributed by atoms with Gasteiger partial charge in [-0.3, -0.25) is 0 Å². The van der Waals surface area contributed by atoms with Crippen molar-refractivity contribution >= 4 is 46.6 Å². The van der Waals surface area contributed by atoms with E-state index in [9.17, 15) is 0 Å². The monoisotopic (exact) mass is 272 g/mol. The topological polar surface area (TPSA) is 20.7 Å². The Kier molecular flexibility index (Phi) is 3.62. The molecule has 0 amide bonds. The Bertz CT molecular complexity index is 559. The number of H-pyrrole nitrogens is 1. The average Bonchev–Trinajstić information content (AvgIpc) is 2.56. The van der Waals surface area contributed by atoms with E-state index in [1.807, 2.05) is 18.2 Å². The van der Waals surface area contributed by atoms with Crippen LogP contribution in [0.1, 0.15) is 13.0 Å². The van der Waals surface area contributed by atoms with Gasteiger partial charge in [-0.25, -0.2) is 0 Å². The van der Waals surface area contributed by atoms with Crippen LogP contribution in [-0.4, -0.2) is 21.6 Å². The minimum atomic E-state index is 0.344. The Hall–Kier alpha value is -0.450. The summed E-state index contributed by atoms with van der Waals surface area (Å²) in [6, 6.07) is 6.17. The molecule has 1 heterocycles. The summed E-state index contributed by atoms with van der Waals surface area (Å²) >= 11 is 13.4. The van der Waals surface area contributed by atoms with Gasteiger partial charge in [-0.15, -0.1) is 0 Å². The van der Waals surface area contributed by atoms with E-state index < -0.39 is 0 Å². The third-order valence-corrected chi connectivity index (χ3v) is 3.96. The quantitative estimate of drug-likeness (QED) is 0.842. The Balaban J connectivity index is 2.68. The number of fused-ring (bicyclic) bond motifs is 1. The molecule has 0 aliphatic carbocycles. The molecule has 1 atom stereocenters. The molecule has 1 aromatic carbocycles. The molecular formula is C11H13ClN2S2. The number of para-hydroxylation sites is 1. The van der Waals surface area contributed by atoms with Gasteiger partial charge in [0, 0.05) is 11.8 Å². The van der Waals surface area contributed by atoms with Crippen molar-refractivity contribution in [1.29, 1.82) is 0 Å². The molecule has 2 nitrogen and oxygen atoms in total. The van der Waals surface area contributed by atoms with Gasteiger partial charge < -0.3 is 9.55 Å². The van der Waals surface area contributed by atoms with Gasteiger partial charge in [-0.2, -0.15) is 11.8 Å². The van der Waals surface area contributed by atoms with Crippen molar-refractivity contribution in [3.63, 3.8) is 0 Å². The van der Waals surface area contributed by atoms with Crippen LogP contribution >= 0.6 is 35.6 Å². The van der Waals surface area contributed by atoms with Gasteiger partial charge in [-0.1, -0.05) is 17.7 Å². The number of imidazole rings is 1. The van der Waals surface area contributed by atoms with Crippen LogP contribution in [0, 0.1) is 4.77 Å². The molecule has 1 unspecified atom stereocenters. The molecule has 2 rings (SSSR count). The highest BCUT2D eigenvalue weighted by atomic mass is 35.5. The second-order valence-corrected chi connectivity index (χ2v) is 5.45. The minimum Gasteiger partial charge on any atom is -0.331 e. The summed E-state index contributed by atoms with van der Waals surface area (Å²) in [5.74, 6) is 1.02. The normalized spacial score (nSPS) is 13.2. The third kappa shape index (κ3) is 2.01. The Morgan fingerprint density at radius 1 is 1.56 bits per heavy atom. The van der Waals surface area contributed by atoms with Gasteiger partial charge in [0.15, 0.2) is 4.77 Å². The molecule has 0 radical (unpaired) electrons. The van der Waals surface area contributed by atoms with Crippen molar-refractivity contribution in [2.45, 2.75) is 13.0 Å². The lowest BCUT2D eigenvalue weighted by molar-refractivity contribution is 0.620. The smallest absolute Gasteiger partial charge is 0.178 e. The molecule has 1 N–H and O–H groups in total. The zero-order valence-corrected chi connectivity index (χ0v) is 11.5. The number of aromatic nitrogens is 2. The largest absolute Gasteiger partial charge is 0.331 e. The molecular weight excluding hydrogens is 260 g/mol. The number of hydrogen-bond donors (Lipinski definition) is 1. The standard InChI is InChI=1S/C11H13ClN2S2/c1-7(6-16-2)14-10-8(12)4-3-5-9(10)13-11(14)15/h3-5,7H,6H2,1-2H3,(H,13,15). The van der Waals surface area contributed by atoms with E-state index in [-0.39, 0.29) is 0 Å². The molecule has 86 valence electrons. The molecule has 0 aliphatic rings. The number of thioether (sulfide) groups is 1. The minimum absolute atomic E-state index is 0.344. The Labute approximate surface area is 109 Å².